The molecule has 0 bridgehead atoms. The number of carbonyl (C=O) groups excluding carboxylic acids is 1. The first-order chi connectivity index (χ1) is 8.82. The van der Waals surface area contributed by atoms with E-state index < -0.39 is 15.9 Å². The van der Waals surface area contributed by atoms with Gasteiger partial charge in [-0.25, -0.2) is 8.42 Å². The van der Waals surface area contributed by atoms with Crippen molar-refractivity contribution in [3.05, 3.63) is 18.0 Å². The van der Waals surface area contributed by atoms with Gasteiger partial charge in [0.25, 0.3) is 0 Å². The van der Waals surface area contributed by atoms with Crippen LogP contribution in [0.3, 0.4) is 0 Å². The lowest BCUT2D eigenvalue weighted by Crippen LogP contribution is -2.34. The Morgan fingerprint density at radius 1 is 1.53 bits per heavy atom. The molecule has 1 amide bonds. The topological polar surface area (TPSA) is 81.1 Å². The summed E-state index contributed by atoms with van der Waals surface area (Å²) in [5.41, 5.74) is 0.914. The molecule has 108 valence electrons. The van der Waals surface area contributed by atoms with E-state index in [1.807, 2.05) is 13.8 Å². The maximum atomic E-state index is 11.7. The molecule has 1 N–H and O–H groups in total. The Labute approximate surface area is 114 Å². The largest absolute Gasteiger partial charge is 0.276 e. The highest BCUT2D eigenvalue weighted by Crippen LogP contribution is 2.05. The Bertz CT molecular complexity index is 522. The summed E-state index contributed by atoms with van der Waals surface area (Å²) in [6.07, 6.45) is 4.87. The van der Waals surface area contributed by atoms with E-state index in [-0.39, 0.29) is 18.1 Å². The van der Waals surface area contributed by atoms with Crippen molar-refractivity contribution in [2.24, 2.45) is 13.0 Å². The number of hydrogen-bond acceptors (Lipinski definition) is 4. The second kappa shape index (κ2) is 6.70. The predicted octanol–water partition coefficient (Wildman–Crippen LogP) is 0.845. The van der Waals surface area contributed by atoms with E-state index in [9.17, 15) is 13.2 Å². The zero-order valence-electron chi connectivity index (χ0n) is 11.6. The van der Waals surface area contributed by atoms with Crippen LogP contribution >= 0.6 is 0 Å². The number of nitrogens with zero attached hydrogens (tertiary/aromatic N) is 2. The highest BCUT2D eigenvalue weighted by molar-refractivity contribution is 7.90. The number of aromatic nitrogens is 2. The van der Waals surface area contributed by atoms with Gasteiger partial charge in [-0.1, -0.05) is 20.3 Å². The van der Waals surface area contributed by atoms with Crippen LogP contribution in [0.2, 0.25) is 0 Å². The van der Waals surface area contributed by atoms with Gasteiger partial charge in [0.2, 0.25) is 15.9 Å². The lowest BCUT2D eigenvalue weighted by Gasteiger charge is -2.10. The molecule has 0 unspecified atom stereocenters. The van der Waals surface area contributed by atoms with Gasteiger partial charge in [-0.05, 0) is 17.9 Å². The molecule has 0 radical (unpaired) electrons. The van der Waals surface area contributed by atoms with Crippen LogP contribution in [-0.2, 0) is 28.3 Å². The third-order valence-corrected chi connectivity index (χ3v) is 4.42. The molecule has 0 fully saturated rings. The van der Waals surface area contributed by atoms with E-state index in [1.165, 1.54) is 0 Å². The molecule has 0 aliphatic carbocycles. The monoisotopic (exact) mass is 287 g/mol. The van der Waals surface area contributed by atoms with Gasteiger partial charge in [0.15, 0.2) is 0 Å². The Hall–Kier alpha value is -1.37. The molecule has 6 nitrogen and oxygen atoms in total. The number of carbonyl (C=O) groups is 1. The Balaban J connectivity index is 2.42. The van der Waals surface area contributed by atoms with E-state index in [0.29, 0.717) is 6.42 Å². The Kier molecular flexibility index (Phi) is 5.53. The average molecular weight is 287 g/mol. The van der Waals surface area contributed by atoms with Crippen LogP contribution in [0.5, 0.6) is 0 Å². The van der Waals surface area contributed by atoms with Gasteiger partial charge in [-0.3, -0.25) is 14.2 Å². The van der Waals surface area contributed by atoms with Gasteiger partial charge in [-0.2, -0.15) is 5.10 Å². The molecule has 19 heavy (non-hydrogen) atoms. The first-order valence-electron chi connectivity index (χ1n) is 6.33. The lowest BCUT2D eigenvalue weighted by molar-refractivity contribution is -0.119. The van der Waals surface area contributed by atoms with Crippen molar-refractivity contribution in [1.29, 1.82) is 0 Å². The Morgan fingerprint density at radius 2 is 2.21 bits per heavy atom. The van der Waals surface area contributed by atoms with Crippen LogP contribution in [-0.4, -0.2) is 29.9 Å². The quantitative estimate of drug-likeness (QED) is 0.806. The van der Waals surface area contributed by atoms with Crippen LogP contribution in [0.15, 0.2) is 12.4 Å². The van der Waals surface area contributed by atoms with Crippen LogP contribution in [0, 0.1) is 5.92 Å². The summed E-state index contributed by atoms with van der Waals surface area (Å²) in [4.78, 5) is 11.6. The van der Waals surface area contributed by atoms with Crippen molar-refractivity contribution < 1.29 is 13.2 Å². The van der Waals surface area contributed by atoms with Gasteiger partial charge in [0, 0.05) is 19.7 Å². The van der Waals surface area contributed by atoms with Crippen molar-refractivity contribution >= 4 is 15.9 Å². The summed E-state index contributed by atoms with van der Waals surface area (Å²) in [5, 5.41) is 3.99. The molecule has 1 rings (SSSR count). The molecule has 7 heteroatoms. The van der Waals surface area contributed by atoms with Gasteiger partial charge in [-0.15, -0.1) is 0 Å². The molecule has 0 saturated heterocycles. The van der Waals surface area contributed by atoms with Crippen molar-refractivity contribution in [2.75, 3.05) is 5.75 Å². The predicted molar refractivity (Wildman–Crippen MR) is 72.9 cm³/mol. The summed E-state index contributed by atoms with van der Waals surface area (Å²) in [6.45, 7) is 3.77. The Morgan fingerprint density at radius 3 is 2.74 bits per heavy atom. The summed E-state index contributed by atoms with van der Waals surface area (Å²) in [6, 6.07) is 0. The zero-order valence-corrected chi connectivity index (χ0v) is 12.4. The van der Waals surface area contributed by atoms with Gasteiger partial charge in [0.1, 0.15) is 0 Å². The molecule has 0 aromatic carbocycles. The second-order valence-electron chi connectivity index (χ2n) is 4.84. The van der Waals surface area contributed by atoms with Crippen LogP contribution in [0.25, 0.3) is 0 Å². The first-order valence-corrected chi connectivity index (χ1v) is 7.98. The molecule has 1 aromatic heterocycles. The summed E-state index contributed by atoms with van der Waals surface area (Å²) >= 11 is 0. The number of nitrogens with one attached hydrogen (secondary N) is 1. The average Bonchev–Trinajstić information content (AvgIpc) is 2.71. The lowest BCUT2D eigenvalue weighted by atomic mass is 10.2. The van der Waals surface area contributed by atoms with Crippen molar-refractivity contribution in [1.82, 2.24) is 14.5 Å². The highest BCUT2D eigenvalue weighted by atomic mass is 32.2. The molecule has 0 spiro atoms. The van der Waals surface area contributed by atoms with E-state index in [0.717, 1.165) is 12.0 Å². The molecule has 0 aliphatic heterocycles. The maximum Gasteiger partial charge on any atom is 0.235 e. The van der Waals surface area contributed by atoms with Gasteiger partial charge < -0.3 is 0 Å². The summed E-state index contributed by atoms with van der Waals surface area (Å²) in [7, 11) is -1.72. The van der Waals surface area contributed by atoms with E-state index in [4.69, 9.17) is 0 Å². The second-order valence-corrected chi connectivity index (χ2v) is 6.61. The van der Waals surface area contributed by atoms with Crippen LogP contribution < -0.4 is 4.72 Å². The SMILES string of the molecule is CC[C@@H](C)CS(=O)(=O)NC(=O)CCc1cnn(C)c1. The molecule has 1 atom stereocenters. The summed E-state index contributed by atoms with van der Waals surface area (Å²) < 4.78 is 27.1. The molecular formula is C12H21N3O3S. The van der Waals surface area contributed by atoms with Crippen molar-refractivity contribution in [2.45, 2.75) is 33.1 Å². The van der Waals surface area contributed by atoms with Gasteiger partial charge in [0.05, 0.1) is 11.9 Å². The summed E-state index contributed by atoms with van der Waals surface area (Å²) in [5.74, 6) is -0.432. The van der Waals surface area contributed by atoms with E-state index in [2.05, 4.69) is 9.82 Å². The number of rotatable bonds is 7. The zero-order chi connectivity index (χ0) is 14.5. The highest BCUT2D eigenvalue weighted by Gasteiger charge is 2.17. The fourth-order valence-electron chi connectivity index (χ4n) is 1.62. The first kappa shape index (κ1) is 15.7. The number of hydrogen-bond donors (Lipinski definition) is 1. The number of sulfonamides is 1. The van der Waals surface area contributed by atoms with E-state index in [1.54, 1.807) is 24.1 Å². The minimum Gasteiger partial charge on any atom is -0.276 e. The normalized spacial score (nSPS) is 13.2. The third-order valence-electron chi connectivity index (χ3n) is 2.87. The molecule has 0 saturated carbocycles. The fraction of sp³-hybridized carbons (Fsp3) is 0.667. The molecule has 1 aromatic rings. The third kappa shape index (κ3) is 5.87. The standard InChI is InChI=1S/C12H21N3O3S/c1-4-10(2)9-19(17,18)14-12(16)6-5-11-7-13-15(3)8-11/h7-8,10H,4-6,9H2,1-3H3,(H,14,16)/t10-/m1/s1. The number of amides is 1. The fourth-order valence-corrected chi connectivity index (χ4v) is 3.13. The molecule has 0 aliphatic rings. The number of aryl methyl sites for hydroxylation is 2. The van der Waals surface area contributed by atoms with E-state index >= 15 is 0 Å². The van der Waals surface area contributed by atoms with Crippen molar-refractivity contribution in [3.63, 3.8) is 0 Å². The minimum absolute atomic E-state index is 0.0118. The molecule has 1 heterocycles. The maximum absolute atomic E-state index is 11.7. The van der Waals surface area contributed by atoms with Crippen molar-refractivity contribution in [3.8, 4) is 0 Å². The van der Waals surface area contributed by atoms with Crippen LogP contribution in [0.1, 0.15) is 32.3 Å². The van der Waals surface area contributed by atoms with Crippen LogP contribution in [0.4, 0.5) is 0 Å². The van der Waals surface area contributed by atoms with Gasteiger partial charge >= 0.3 is 0 Å². The smallest absolute Gasteiger partial charge is 0.235 e. The minimum atomic E-state index is -3.51. The molecular weight excluding hydrogens is 266 g/mol.